The van der Waals surface area contributed by atoms with Crippen molar-refractivity contribution >= 4 is 66.4 Å². The number of carbonyl (C=O) groups excluding carboxylic acids is 2. The molecule has 0 bridgehead atoms. The number of nitrogens with one attached hydrogen (secondary N) is 4. The minimum absolute atomic E-state index is 0.0521. The lowest BCUT2D eigenvalue weighted by Gasteiger charge is -2.38. The number of benzene rings is 5. The maximum atomic E-state index is 14.2. The molecule has 2 saturated heterocycles. The Morgan fingerprint density at radius 2 is 1.51 bits per heavy atom. The van der Waals surface area contributed by atoms with Gasteiger partial charge in [0.05, 0.1) is 36.4 Å². The Hall–Kier alpha value is -5.15. The number of ether oxygens (including phenoxy) is 1. The second-order valence-corrected chi connectivity index (χ2v) is 21.9. The number of piperidine rings is 1. The van der Waals surface area contributed by atoms with E-state index >= 15 is 0 Å². The highest BCUT2D eigenvalue weighted by atomic mass is 35.5. The van der Waals surface area contributed by atoms with E-state index in [0.29, 0.717) is 82.0 Å². The second-order valence-electron chi connectivity index (χ2n) is 16.8. The molecule has 2 heterocycles. The van der Waals surface area contributed by atoms with Crippen LogP contribution in [0.5, 0.6) is 0 Å². The van der Waals surface area contributed by atoms with E-state index in [-0.39, 0.29) is 30.0 Å². The van der Waals surface area contributed by atoms with Gasteiger partial charge in [-0.15, -0.1) is 11.8 Å². The van der Waals surface area contributed by atoms with E-state index in [0.717, 1.165) is 39.4 Å². The van der Waals surface area contributed by atoms with E-state index in [1.807, 2.05) is 83.6 Å². The van der Waals surface area contributed by atoms with Crippen molar-refractivity contribution in [2.45, 2.75) is 51.5 Å². The van der Waals surface area contributed by atoms with Crippen LogP contribution >= 0.6 is 23.4 Å². The third kappa shape index (κ3) is 13.4. The molecule has 2 atom stereocenters. The van der Waals surface area contributed by atoms with Crippen LogP contribution in [0.3, 0.4) is 0 Å². The van der Waals surface area contributed by atoms with Crippen LogP contribution in [0.25, 0.3) is 11.1 Å². The summed E-state index contributed by atoms with van der Waals surface area (Å²) in [6, 6.07) is 32.6. The number of nitrogens with zero attached hydrogens (tertiary/aromatic N) is 2. The number of alkyl halides is 3. The van der Waals surface area contributed by atoms with Gasteiger partial charge in [-0.2, -0.15) is 13.2 Å². The molecule has 2 aliphatic heterocycles. The third-order valence-electron chi connectivity index (χ3n) is 12.1. The number of hydrogen-bond donors (Lipinski definition) is 4. The van der Waals surface area contributed by atoms with Crippen molar-refractivity contribution < 1.29 is 44.3 Å². The molecular weight excluding hydrogens is 973 g/mol. The van der Waals surface area contributed by atoms with Gasteiger partial charge < -0.3 is 25.6 Å². The first-order valence-corrected chi connectivity index (χ1v) is 26.8. The van der Waals surface area contributed by atoms with Gasteiger partial charge >= 0.3 is 5.51 Å². The summed E-state index contributed by atoms with van der Waals surface area (Å²) in [5.74, 6) is -0.780. The number of sulfone groups is 1. The van der Waals surface area contributed by atoms with Gasteiger partial charge in [-0.25, -0.2) is 21.6 Å². The Morgan fingerprint density at radius 1 is 0.841 bits per heavy atom. The van der Waals surface area contributed by atoms with E-state index in [2.05, 4.69) is 25.8 Å². The number of amides is 2. The summed E-state index contributed by atoms with van der Waals surface area (Å²) in [6.45, 7) is 4.33. The summed E-state index contributed by atoms with van der Waals surface area (Å²) < 4.78 is 103. The molecule has 0 aromatic heterocycles. The molecule has 4 N–H and O–H groups in total. The number of halogens is 4. The SMILES string of the molecule is CNCC(=O)NC(c1ccccc1-c1ccc(Cl)cc1)C1CCN(c2ccc(C(=O)NS(=O)(=O)c3ccc(NC(CCN4CCOCC4)CSc4ccccc4)c(S(=O)(=O)C(F)(F)F)c3)cc2)CC1. The van der Waals surface area contributed by atoms with Gasteiger partial charge in [-0.1, -0.05) is 66.2 Å². The Bertz CT molecular complexity index is 2760. The molecule has 2 unspecified atom stereocenters. The lowest BCUT2D eigenvalue weighted by atomic mass is 9.82. The fourth-order valence-electron chi connectivity index (χ4n) is 8.48. The molecule has 0 saturated carbocycles. The number of likely N-dealkylation sites (N-methyl/N-ethyl adjacent to an activating group) is 1. The van der Waals surface area contributed by atoms with Gasteiger partial charge in [0.15, 0.2) is 0 Å². The van der Waals surface area contributed by atoms with Crippen LogP contribution in [0.2, 0.25) is 5.02 Å². The van der Waals surface area contributed by atoms with Gasteiger partial charge in [0.2, 0.25) is 5.91 Å². The molecule has 0 spiro atoms. The van der Waals surface area contributed by atoms with Crippen LogP contribution in [0.4, 0.5) is 24.5 Å². The van der Waals surface area contributed by atoms with Gasteiger partial charge in [-0.05, 0) is 116 Å². The van der Waals surface area contributed by atoms with Crippen molar-refractivity contribution in [3.63, 3.8) is 0 Å². The number of morpholine rings is 1. The van der Waals surface area contributed by atoms with Gasteiger partial charge in [0.25, 0.3) is 25.8 Å². The topological polar surface area (TPSA) is 166 Å². The summed E-state index contributed by atoms with van der Waals surface area (Å²) in [5.41, 5.74) is -2.54. The molecule has 7 rings (SSSR count). The number of thioether (sulfide) groups is 1. The van der Waals surface area contributed by atoms with E-state index in [9.17, 15) is 39.6 Å². The van der Waals surface area contributed by atoms with Crippen molar-refractivity contribution in [3.05, 3.63) is 137 Å². The number of rotatable bonds is 19. The van der Waals surface area contributed by atoms with Crippen LogP contribution in [0, 0.1) is 5.92 Å². The fraction of sp³-hybridized carbons (Fsp3) is 0.347. The summed E-state index contributed by atoms with van der Waals surface area (Å²) in [7, 11) is -9.26. The first kappa shape index (κ1) is 51.7. The van der Waals surface area contributed by atoms with Crippen LogP contribution in [0.15, 0.2) is 136 Å². The summed E-state index contributed by atoms with van der Waals surface area (Å²) in [5, 5.41) is 9.77. The number of hydrogen-bond acceptors (Lipinski definition) is 12. The predicted octanol–water partition coefficient (Wildman–Crippen LogP) is 8.01. The molecule has 5 aromatic rings. The minimum Gasteiger partial charge on any atom is -0.380 e. The highest BCUT2D eigenvalue weighted by Crippen LogP contribution is 2.39. The standard InChI is InChI=1S/C49H54ClF3N6O7S3/c1-54-32-46(60)56-47(43-10-6-5-9-42(43)34-11-15-37(50)16-12-34)35-21-25-59(26-22-35)39-17-13-36(14-18-39)48(61)57-69(64,65)41-19-20-44(45(31-41)68(62,63)49(51,52)53)55-38(23-24-58-27-29-66-30-28-58)33-67-40-7-3-2-4-8-40/h2-20,31,35,38,47,54-55H,21-30,32-33H2,1H3,(H,56,60)(H,57,61). The fourth-order valence-corrected chi connectivity index (χ4v) is 11.6. The van der Waals surface area contributed by atoms with E-state index < -0.39 is 52.8 Å². The van der Waals surface area contributed by atoms with Crippen LogP contribution in [-0.2, 0) is 29.4 Å². The normalized spacial score (nSPS) is 16.1. The largest absolute Gasteiger partial charge is 0.501 e. The number of anilines is 2. The molecule has 368 valence electrons. The third-order valence-corrected chi connectivity index (χ3v) is 16.4. The number of sulfonamides is 1. The summed E-state index contributed by atoms with van der Waals surface area (Å²) >= 11 is 7.62. The number of carbonyl (C=O) groups is 2. The molecule has 0 aliphatic carbocycles. The average Bonchev–Trinajstić information content (AvgIpc) is 3.34. The molecule has 69 heavy (non-hydrogen) atoms. The van der Waals surface area contributed by atoms with Crippen LogP contribution < -0.4 is 25.6 Å². The quantitative estimate of drug-likeness (QED) is 0.0590. The van der Waals surface area contributed by atoms with Gasteiger partial charge in [-0.3, -0.25) is 14.5 Å². The summed E-state index contributed by atoms with van der Waals surface area (Å²) in [4.78, 5) is 29.5. The first-order valence-electron chi connectivity index (χ1n) is 22.4. The lowest BCUT2D eigenvalue weighted by molar-refractivity contribution is -0.121. The molecular formula is C49H54ClF3N6O7S3. The Kier molecular flexibility index (Phi) is 17.4. The maximum absolute atomic E-state index is 14.2. The first-order chi connectivity index (χ1) is 33.0. The monoisotopic (exact) mass is 1030 g/mol. The zero-order valence-electron chi connectivity index (χ0n) is 37.8. The predicted molar refractivity (Wildman–Crippen MR) is 264 cm³/mol. The average molecular weight is 1030 g/mol. The van der Waals surface area contributed by atoms with Gasteiger partial charge in [0, 0.05) is 65.7 Å². The Labute approximate surface area is 410 Å². The smallest absolute Gasteiger partial charge is 0.380 e. The Balaban J connectivity index is 1.04. The molecule has 2 fully saturated rings. The Morgan fingerprint density at radius 3 is 2.17 bits per heavy atom. The van der Waals surface area contributed by atoms with Crippen molar-refractivity contribution in [1.29, 1.82) is 0 Å². The van der Waals surface area contributed by atoms with Crippen molar-refractivity contribution in [2.24, 2.45) is 5.92 Å². The molecule has 0 radical (unpaired) electrons. The molecule has 2 aliphatic rings. The van der Waals surface area contributed by atoms with E-state index in [1.165, 1.54) is 23.9 Å². The lowest BCUT2D eigenvalue weighted by Crippen LogP contribution is -2.43. The van der Waals surface area contributed by atoms with Crippen molar-refractivity contribution in [3.8, 4) is 11.1 Å². The van der Waals surface area contributed by atoms with Gasteiger partial charge in [0.1, 0.15) is 4.90 Å². The van der Waals surface area contributed by atoms with Crippen molar-refractivity contribution in [1.82, 2.24) is 20.3 Å². The van der Waals surface area contributed by atoms with Crippen LogP contribution in [0.1, 0.15) is 41.2 Å². The highest BCUT2D eigenvalue weighted by Gasteiger charge is 2.48. The molecule has 2 amide bonds. The highest BCUT2D eigenvalue weighted by molar-refractivity contribution is 7.99. The second kappa shape index (κ2) is 23.2. The molecule has 5 aromatic carbocycles. The van der Waals surface area contributed by atoms with E-state index in [4.69, 9.17) is 16.3 Å². The molecule has 20 heteroatoms. The minimum atomic E-state index is -6.08. The molecule has 13 nitrogen and oxygen atoms in total. The zero-order valence-corrected chi connectivity index (χ0v) is 41.0. The summed E-state index contributed by atoms with van der Waals surface area (Å²) in [6.07, 6.45) is 1.85. The van der Waals surface area contributed by atoms with Crippen LogP contribution in [-0.4, -0.2) is 110 Å². The maximum Gasteiger partial charge on any atom is 0.501 e. The van der Waals surface area contributed by atoms with E-state index in [1.54, 1.807) is 19.2 Å². The zero-order chi connectivity index (χ0) is 49.2. The van der Waals surface area contributed by atoms with Crippen molar-refractivity contribution in [2.75, 3.05) is 75.5 Å².